The third kappa shape index (κ3) is 5.42. The molecule has 0 bridgehead atoms. The Labute approximate surface area is 217 Å². The predicted octanol–water partition coefficient (Wildman–Crippen LogP) is 4.59. The summed E-state index contributed by atoms with van der Waals surface area (Å²) in [6, 6.07) is 5.74. The largest absolute Gasteiger partial charge is 0.490 e. The second-order valence-corrected chi connectivity index (χ2v) is 9.67. The molecule has 11 heteroatoms. The lowest BCUT2D eigenvalue weighted by atomic mass is 10.1. The van der Waals surface area contributed by atoms with Gasteiger partial charge in [-0.1, -0.05) is 13.0 Å². The number of piperidine rings is 1. The number of aromatic amines is 1. The number of aromatic nitrogens is 5. The van der Waals surface area contributed by atoms with Crippen LogP contribution in [-0.4, -0.2) is 55.4 Å². The summed E-state index contributed by atoms with van der Waals surface area (Å²) in [6.45, 7) is 8.38. The summed E-state index contributed by atoms with van der Waals surface area (Å²) in [4.78, 5) is 26.5. The Hall–Kier alpha value is -3.73. The quantitative estimate of drug-likeness (QED) is 0.395. The SMILES string of the molecule is CCN1CCC(Oc2cc3nc(Cc4ccc(-n5cc(C)c(C)n5)nc4)[nH]c(=O)c3cc2C(F)(F)F)CC1. The molecule has 0 radical (unpaired) electrons. The van der Waals surface area contributed by atoms with Gasteiger partial charge in [-0.15, -0.1) is 0 Å². The van der Waals surface area contributed by atoms with Crippen LogP contribution in [-0.2, 0) is 12.6 Å². The number of hydrogen-bond acceptors (Lipinski definition) is 6. The van der Waals surface area contributed by atoms with Gasteiger partial charge in [0.25, 0.3) is 5.56 Å². The van der Waals surface area contributed by atoms with Gasteiger partial charge in [-0.2, -0.15) is 18.3 Å². The van der Waals surface area contributed by atoms with Crippen LogP contribution >= 0.6 is 0 Å². The lowest BCUT2D eigenvalue weighted by molar-refractivity contribution is -0.139. The first-order valence-electron chi connectivity index (χ1n) is 12.6. The molecular formula is C27H29F3N6O2. The minimum Gasteiger partial charge on any atom is -0.490 e. The van der Waals surface area contributed by atoms with Gasteiger partial charge in [0.2, 0.25) is 0 Å². The third-order valence-electron chi connectivity index (χ3n) is 7.00. The summed E-state index contributed by atoms with van der Waals surface area (Å²) in [6.07, 6.45) is 0.0813. The first kappa shape index (κ1) is 25.9. The molecule has 200 valence electrons. The van der Waals surface area contributed by atoms with Gasteiger partial charge >= 0.3 is 6.18 Å². The molecule has 0 aliphatic carbocycles. The van der Waals surface area contributed by atoms with Crippen LogP contribution in [0.5, 0.6) is 5.75 Å². The van der Waals surface area contributed by atoms with Crippen molar-refractivity contribution >= 4 is 10.9 Å². The maximum atomic E-state index is 13.9. The monoisotopic (exact) mass is 526 g/mol. The van der Waals surface area contributed by atoms with E-state index in [0.29, 0.717) is 24.5 Å². The average Bonchev–Trinajstić information content (AvgIpc) is 3.22. The fourth-order valence-corrected chi connectivity index (χ4v) is 4.65. The van der Waals surface area contributed by atoms with Gasteiger partial charge in [0, 0.05) is 38.0 Å². The van der Waals surface area contributed by atoms with Crippen LogP contribution < -0.4 is 10.3 Å². The van der Waals surface area contributed by atoms with Crippen molar-refractivity contribution in [3.05, 3.63) is 75.2 Å². The van der Waals surface area contributed by atoms with Crippen molar-refractivity contribution in [2.24, 2.45) is 0 Å². The summed E-state index contributed by atoms with van der Waals surface area (Å²) in [5, 5.41) is 4.29. The van der Waals surface area contributed by atoms with E-state index in [-0.39, 0.29) is 29.2 Å². The summed E-state index contributed by atoms with van der Waals surface area (Å²) in [7, 11) is 0. The number of benzene rings is 1. The van der Waals surface area contributed by atoms with E-state index in [1.54, 1.807) is 10.9 Å². The molecule has 1 aliphatic rings. The van der Waals surface area contributed by atoms with Gasteiger partial charge < -0.3 is 14.6 Å². The van der Waals surface area contributed by atoms with Crippen LogP contribution in [0.3, 0.4) is 0 Å². The van der Waals surface area contributed by atoms with Gasteiger partial charge in [0.05, 0.1) is 22.2 Å². The van der Waals surface area contributed by atoms with Gasteiger partial charge in [0.1, 0.15) is 17.7 Å². The minimum absolute atomic E-state index is 0.132. The summed E-state index contributed by atoms with van der Waals surface area (Å²) < 4.78 is 49.2. The number of H-pyrrole nitrogens is 1. The molecule has 5 rings (SSSR count). The van der Waals surface area contributed by atoms with E-state index in [1.807, 2.05) is 32.2 Å². The number of nitrogens with zero attached hydrogens (tertiary/aromatic N) is 5. The smallest absolute Gasteiger partial charge is 0.419 e. The Morgan fingerprint density at radius 3 is 2.53 bits per heavy atom. The number of ether oxygens (including phenoxy) is 1. The number of hydrogen-bond donors (Lipinski definition) is 1. The zero-order valence-corrected chi connectivity index (χ0v) is 21.5. The molecule has 4 aromatic rings. The molecule has 1 aliphatic heterocycles. The third-order valence-corrected chi connectivity index (χ3v) is 7.00. The van der Waals surface area contributed by atoms with Crippen LogP contribution in [0.2, 0.25) is 0 Å². The lowest BCUT2D eigenvalue weighted by Gasteiger charge is -2.31. The molecule has 0 spiro atoms. The highest BCUT2D eigenvalue weighted by molar-refractivity contribution is 5.80. The topological polar surface area (TPSA) is 88.9 Å². The second kappa shape index (κ2) is 10.2. The normalized spacial score (nSPS) is 15.3. The number of aryl methyl sites for hydroxylation is 2. The fourth-order valence-electron chi connectivity index (χ4n) is 4.65. The van der Waals surface area contributed by atoms with Crippen molar-refractivity contribution in [3.8, 4) is 11.6 Å². The van der Waals surface area contributed by atoms with E-state index in [4.69, 9.17) is 4.74 Å². The van der Waals surface area contributed by atoms with Gasteiger partial charge in [0.15, 0.2) is 5.82 Å². The summed E-state index contributed by atoms with van der Waals surface area (Å²) >= 11 is 0. The van der Waals surface area contributed by atoms with Crippen molar-refractivity contribution in [1.82, 2.24) is 29.6 Å². The van der Waals surface area contributed by atoms with Gasteiger partial charge in [-0.25, -0.2) is 14.6 Å². The van der Waals surface area contributed by atoms with Crippen molar-refractivity contribution in [2.75, 3.05) is 19.6 Å². The molecule has 0 atom stereocenters. The van der Waals surface area contributed by atoms with Crippen molar-refractivity contribution in [3.63, 3.8) is 0 Å². The molecule has 0 amide bonds. The van der Waals surface area contributed by atoms with E-state index in [0.717, 1.165) is 42.5 Å². The molecule has 1 saturated heterocycles. The molecular weight excluding hydrogens is 497 g/mol. The van der Waals surface area contributed by atoms with Gasteiger partial charge in [-0.3, -0.25) is 4.79 Å². The van der Waals surface area contributed by atoms with E-state index in [1.165, 1.54) is 6.07 Å². The van der Waals surface area contributed by atoms with Crippen LogP contribution in [0.15, 0.2) is 41.5 Å². The number of fused-ring (bicyclic) bond motifs is 1. The zero-order chi connectivity index (χ0) is 27.0. The number of nitrogens with one attached hydrogen (secondary N) is 1. The maximum Gasteiger partial charge on any atom is 0.419 e. The Kier molecular flexibility index (Phi) is 6.95. The molecule has 0 unspecified atom stereocenters. The van der Waals surface area contributed by atoms with Crippen LogP contribution in [0.4, 0.5) is 13.2 Å². The molecule has 3 aromatic heterocycles. The first-order valence-corrected chi connectivity index (χ1v) is 12.6. The number of rotatable bonds is 6. The molecule has 4 heterocycles. The fraction of sp³-hybridized carbons (Fsp3) is 0.407. The molecule has 1 N–H and O–H groups in total. The predicted molar refractivity (Wildman–Crippen MR) is 137 cm³/mol. The maximum absolute atomic E-state index is 13.9. The molecule has 38 heavy (non-hydrogen) atoms. The number of alkyl halides is 3. The van der Waals surface area contributed by atoms with Crippen LogP contribution in [0.25, 0.3) is 16.7 Å². The molecule has 0 saturated carbocycles. The second-order valence-electron chi connectivity index (χ2n) is 9.67. The minimum atomic E-state index is -4.67. The van der Waals surface area contributed by atoms with Crippen molar-refractivity contribution < 1.29 is 17.9 Å². The number of likely N-dealkylation sites (tertiary alicyclic amines) is 1. The Morgan fingerprint density at radius 2 is 1.92 bits per heavy atom. The lowest BCUT2D eigenvalue weighted by Crippen LogP contribution is -2.38. The summed E-state index contributed by atoms with van der Waals surface area (Å²) in [5.41, 5.74) is 1.31. The zero-order valence-electron chi connectivity index (χ0n) is 21.5. The highest BCUT2D eigenvalue weighted by Crippen LogP contribution is 2.39. The standard InChI is InChI=1S/C27H29F3N6O2/c1-4-35-9-7-19(8-10-35)38-23-13-22-20(12-21(23)27(28,29)30)26(37)33-24(32-22)11-18-5-6-25(31-14-18)36-15-16(2)17(3)34-36/h5-6,12-15,19H,4,7-11H2,1-3H3,(H,32,33,37). The molecule has 8 nitrogen and oxygen atoms in total. The number of halogens is 3. The highest BCUT2D eigenvalue weighted by atomic mass is 19.4. The van der Waals surface area contributed by atoms with Gasteiger partial charge in [-0.05, 0) is 56.5 Å². The Bertz CT molecular complexity index is 1480. The highest BCUT2D eigenvalue weighted by Gasteiger charge is 2.36. The average molecular weight is 527 g/mol. The van der Waals surface area contributed by atoms with Crippen LogP contribution in [0, 0.1) is 13.8 Å². The molecule has 1 fully saturated rings. The van der Waals surface area contributed by atoms with E-state index < -0.39 is 17.3 Å². The van der Waals surface area contributed by atoms with Crippen molar-refractivity contribution in [2.45, 2.75) is 52.3 Å². The van der Waals surface area contributed by atoms with E-state index >= 15 is 0 Å². The van der Waals surface area contributed by atoms with Crippen LogP contribution in [0.1, 0.15) is 48.0 Å². The van der Waals surface area contributed by atoms with Crippen molar-refractivity contribution in [1.29, 1.82) is 0 Å². The molecule has 1 aromatic carbocycles. The number of pyridine rings is 1. The summed E-state index contributed by atoms with van der Waals surface area (Å²) in [5.74, 6) is 0.681. The Morgan fingerprint density at radius 1 is 1.16 bits per heavy atom. The first-order chi connectivity index (χ1) is 18.1. The van der Waals surface area contributed by atoms with E-state index in [9.17, 15) is 18.0 Å². The Balaban J connectivity index is 1.43. The van der Waals surface area contributed by atoms with E-state index in [2.05, 4.69) is 31.9 Å².